The highest BCUT2D eigenvalue weighted by Crippen LogP contribution is 2.28. The van der Waals surface area contributed by atoms with Crippen molar-refractivity contribution in [1.29, 1.82) is 0 Å². The molecule has 0 saturated carbocycles. The summed E-state index contributed by atoms with van der Waals surface area (Å²) in [5, 5.41) is 10.5. The highest BCUT2D eigenvalue weighted by molar-refractivity contribution is 7.12. The van der Waals surface area contributed by atoms with Gasteiger partial charge in [0.05, 0.1) is 23.3 Å². The Labute approximate surface area is 120 Å². The predicted molar refractivity (Wildman–Crippen MR) is 76.5 cm³/mol. The summed E-state index contributed by atoms with van der Waals surface area (Å²) >= 11 is 1.34. The summed E-state index contributed by atoms with van der Waals surface area (Å²) in [7, 11) is 0. The van der Waals surface area contributed by atoms with Crippen LogP contribution in [-0.2, 0) is 11.2 Å². The standard InChI is InChI=1S/C14H14N2O3S/c1-2-3-10-11(16-7-6-15-9-16)8-20-14(10)12(17)4-5-13(18)19/h2,6-9H,1,3-5H2,(H,18,19). The summed E-state index contributed by atoms with van der Waals surface area (Å²) < 4.78 is 1.84. The molecule has 6 heteroatoms. The molecule has 104 valence electrons. The van der Waals surface area contributed by atoms with Crippen LogP contribution in [0.25, 0.3) is 5.69 Å². The molecule has 0 saturated heterocycles. The van der Waals surface area contributed by atoms with E-state index in [4.69, 9.17) is 5.11 Å². The van der Waals surface area contributed by atoms with Crippen molar-refractivity contribution in [3.05, 3.63) is 47.2 Å². The molecule has 0 aliphatic carbocycles. The molecule has 0 aliphatic heterocycles. The van der Waals surface area contributed by atoms with Crippen LogP contribution in [0.4, 0.5) is 0 Å². The van der Waals surface area contributed by atoms with Crippen molar-refractivity contribution in [3.63, 3.8) is 0 Å². The van der Waals surface area contributed by atoms with Crippen molar-refractivity contribution >= 4 is 23.1 Å². The smallest absolute Gasteiger partial charge is 0.303 e. The molecule has 2 rings (SSSR count). The van der Waals surface area contributed by atoms with Gasteiger partial charge in [-0.2, -0.15) is 0 Å². The van der Waals surface area contributed by atoms with Crippen molar-refractivity contribution in [2.75, 3.05) is 0 Å². The van der Waals surface area contributed by atoms with Crippen molar-refractivity contribution in [2.45, 2.75) is 19.3 Å². The van der Waals surface area contributed by atoms with E-state index < -0.39 is 5.97 Å². The Morgan fingerprint density at radius 2 is 2.25 bits per heavy atom. The van der Waals surface area contributed by atoms with Gasteiger partial charge >= 0.3 is 5.97 Å². The van der Waals surface area contributed by atoms with E-state index in [0.717, 1.165) is 11.3 Å². The second-order valence-corrected chi connectivity index (χ2v) is 5.09. The third-order valence-corrected chi connectivity index (χ3v) is 3.87. The lowest BCUT2D eigenvalue weighted by molar-refractivity contribution is -0.136. The maximum absolute atomic E-state index is 12.1. The topological polar surface area (TPSA) is 72.2 Å². The lowest BCUT2D eigenvalue weighted by Gasteiger charge is -2.05. The maximum atomic E-state index is 12.1. The van der Waals surface area contributed by atoms with E-state index in [1.54, 1.807) is 24.8 Å². The minimum Gasteiger partial charge on any atom is -0.481 e. The number of nitrogens with zero attached hydrogens (tertiary/aromatic N) is 2. The average Bonchev–Trinajstić information content (AvgIpc) is 3.04. The number of carboxylic acids is 1. The molecule has 2 aromatic heterocycles. The summed E-state index contributed by atoms with van der Waals surface area (Å²) in [6.45, 7) is 3.71. The quantitative estimate of drug-likeness (QED) is 0.628. The number of hydrogen-bond donors (Lipinski definition) is 1. The van der Waals surface area contributed by atoms with Crippen LogP contribution >= 0.6 is 11.3 Å². The van der Waals surface area contributed by atoms with Gasteiger partial charge in [-0.15, -0.1) is 17.9 Å². The molecule has 5 nitrogen and oxygen atoms in total. The molecule has 2 heterocycles. The van der Waals surface area contributed by atoms with Gasteiger partial charge in [-0.05, 0) is 6.42 Å². The number of hydrogen-bond acceptors (Lipinski definition) is 4. The fourth-order valence-corrected chi connectivity index (χ4v) is 2.96. The molecule has 0 bridgehead atoms. The fraction of sp³-hybridized carbons (Fsp3) is 0.214. The molecule has 0 unspecified atom stereocenters. The van der Waals surface area contributed by atoms with E-state index in [1.807, 2.05) is 9.95 Å². The zero-order chi connectivity index (χ0) is 14.5. The van der Waals surface area contributed by atoms with E-state index in [2.05, 4.69) is 11.6 Å². The van der Waals surface area contributed by atoms with Gasteiger partial charge in [-0.3, -0.25) is 9.59 Å². The summed E-state index contributed by atoms with van der Waals surface area (Å²) in [4.78, 5) is 27.3. The second kappa shape index (κ2) is 6.29. The van der Waals surface area contributed by atoms with Crippen LogP contribution in [0.3, 0.4) is 0 Å². The third-order valence-electron chi connectivity index (χ3n) is 2.82. The zero-order valence-corrected chi connectivity index (χ0v) is 11.6. The Balaban J connectivity index is 2.31. The molecule has 20 heavy (non-hydrogen) atoms. The van der Waals surface area contributed by atoms with Gasteiger partial charge in [0.2, 0.25) is 0 Å². The molecule has 0 radical (unpaired) electrons. The lowest BCUT2D eigenvalue weighted by atomic mass is 10.1. The predicted octanol–water partition coefficient (Wildman–Crippen LogP) is 2.71. The first-order chi connectivity index (χ1) is 9.63. The number of imidazole rings is 1. The first kappa shape index (κ1) is 14.2. The highest BCUT2D eigenvalue weighted by Gasteiger charge is 2.18. The minimum absolute atomic E-state index is 0.0172. The number of aliphatic carboxylic acids is 1. The summed E-state index contributed by atoms with van der Waals surface area (Å²) in [6, 6.07) is 0. The Hall–Kier alpha value is -2.21. The van der Waals surface area contributed by atoms with Crippen molar-refractivity contribution in [2.24, 2.45) is 0 Å². The van der Waals surface area contributed by atoms with Gasteiger partial charge in [0.25, 0.3) is 0 Å². The van der Waals surface area contributed by atoms with E-state index >= 15 is 0 Å². The monoisotopic (exact) mass is 290 g/mol. The number of thiophene rings is 1. The van der Waals surface area contributed by atoms with Crippen molar-refractivity contribution in [1.82, 2.24) is 9.55 Å². The van der Waals surface area contributed by atoms with Gasteiger partial charge in [-0.1, -0.05) is 6.08 Å². The molecular formula is C14H14N2O3S. The number of carbonyl (C=O) groups excluding carboxylic acids is 1. The molecule has 0 fully saturated rings. The first-order valence-electron chi connectivity index (χ1n) is 6.08. The highest BCUT2D eigenvalue weighted by atomic mass is 32.1. The molecule has 0 spiro atoms. The van der Waals surface area contributed by atoms with Gasteiger partial charge in [0.1, 0.15) is 0 Å². The number of carboxylic acid groups (broad SMARTS) is 1. The fourth-order valence-electron chi connectivity index (χ4n) is 1.90. The minimum atomic E-state index is -0.963. The molecule has 0 aromatic carbocycles. The van der Waals surface area contributed by atoms with Crippen LogP contribution < -0.4 is 0 Å². The van der Waals surface area contributed by atoms with Gasteiger partial charge in [-0.25, -0.2) is 4.98 Å². The molecule has 0 aliphatic rings. The van der Waals surface area contributed by atoms with E-state index in [-0.39, 0.29) is 18.6 Å². The van der Waals surface area contributed by atoms with E-state index in [0.29, 0.717) is 11.3 Å². The Bertz CT molecular complexity index is 629. The summed E-state index contributed by atoms with van der Waals surface area (Å²) in [6.07, 6.45) is 7.30. The molecular weight excluding hydrogens is 276 g/mol. The van der Waals surface area contributed by atoms with Crippen LogP contribution in [0.15, 0.2) is 36.8 Å². The van der Waals surface area contributed by atoms with Gasteiger partial charge in [0.15, 0.2) is 5.78 Å². The largest absolute Gasteiger partial charge is 0.481 e. The zero-order valence-electron chi connectivity index (χ0n) is 10.8. The number of Topliss-reactive ketones (excluding diaryl/α,β-unsaturated/α-hetero) is 1. The maximum Gasteiger partial charge on any atom is 0.303 e. The third kappa shape index (κ3) is 3.03. The number of rotatable bonds is 7. The molecule has 2 aromatic rings. The molecule has 0 amide bonds. The van der Waals surface area contributed by atoms with Crippen LogP contribution in [0, 0.1) is 0 Å². The Morgan fingerprint density at radius 3 is 2.85 bits per heavy atom. The SMILES string of the molecule is C=CCc1c(-n2ccnc2)csc1C(=O)CCC(=O)O. The summed E-state index contributed by atoms with van der Waals surface area (Å²) in [5.74, 6) is -1.10. The molecule has 1 N–H and O–H groups in total. The van der Waals surface area contributed by atoms with Crippen LogP contribution in [-0.4, -0.2) is 26.4 Å². The Morgan fingerprint density at radius 1 is 1.45 bits per heavy atom. The van der Waals surface area contributed by atoms with Crippen molar-refractivity contribution in [3.8, 4) is 5.69 Å². The van der Waals surface area contributed by atoms with Crippen LogP contribution in [0.5, 0.6) is 0 Å². The first-order valence-corrected chi connectivity index (χ1v) is 6.96. The lowest BCUT2D eigenvalue weighted by Crippen LogP contribution is -2.05. The van der Waals surface area contributed by atoms with E-state index in [9.17, 15) is 9.59 Å². The van der Waals surface area contributed by atoms with Crippen LogP contribution in [0.1, 0.15) is 28.1 Å². The molecule has 0 atom stereocenters. The second-order valence-electron chi connectivity index (χ2n) is 4.21. The Kier molecular flexibility index (Phi) is 4.47. The number of aromatic nitrogens is 2. The number of allylic oxidation sites excluding steroid dienone is 1. The van der Waals surface area contributed by atoms with Gasteiger partial charge < -0.3 is 9.67 Å². The summed E-state index contributed by atoms with van der Waals surface area (Å²) in [5.41, 5.74) is 1.77. The van der Waals surface area contributed by atoms with Crippen LogP contribution in [0.2, 0.25) is 0 Å². The average molecular weight is 290 g/mol. The van der Waals surface area contributed by atoms with Crippen molar-refractivity contribution < 1.29 is 14.7 Å². The number of ketones is 1. The van der Waals surface area contributed by atoms with E-state index in [1.165, 1.54) is 11.3 Å². The van der Waals surface area contributed by atoms with Gasteiger partial charge in [0, 0.05) is 29.8 Å². The normalized spacial score (nSPS) is 10.4. The number of carbonyl (C=O) groups is 2.